The van der Waals surface area contributed by atoms with Crippen molar-refractivity contribution in [2.75, 3.05) is 47.0 Å². The number of ether oxygens (including phenoxy) is 2. The van der Waals surface area contributed by atoms with Gasteiger partial charge >= 0.3 is 0 Å². The highest BCUT2D eigenvalue weighted by Crippen LogP contribution is 2.18. The lowest BCUT2D eigenvalue weighted by molar-refractivity contribution is -0.141. The first-order valence-corrected chi connectivity index (χ1v) is 9.51. The maximum Gasteiger partial charge on any atom is 0.248 e. The zero-order chi connectivity index (χ0) is 19.2. The van der Waals surface area contributed by atoms with E-state index in [2.05, 4.69) is 28.4 Å². The first-order chi connectivity index (χ1) is 13.0. The van der Waals surface area contributed by atoms with Crippen LogP contribution in [0.4, 0.5) is 0 Å². The Bertz CT molecular complexity index is 664. The molecule has 1 aromatic carbocycles. The van der Waals surface area contributed by atoms with E-state index in [1.54, 1.807) is 14.1 Å². The molecule has 0 aliphatic carbocycles. The van der Waals surface area contributed by atoms with Crippen molar-refractivity contribution in [3.05, 3.63) is 35.4 Å². The van der Waals surface area contributed by atoms with E-state index in [4.69, 9.17) is 9.47 Å². The van der Waals surface area contributed by atoms with Crippen LogP contribution in [0, 0.1) is 0 Å². The highest BCUT2D eigenvalue weighted by Gasteiger charge is 2.29. The predicted octanol–water partition coefficient (Wildman–Crippen LogP) is 0.423. The predicted molar refractivity (Wildman–Crippen MR) is 101 cm³/mol. The van der Waals surface area contributed by atoms with Gasteiger partial charge < -0.3 is 19.7 Å². The summed E-state index contributed by atoms with van der Waals surface area (Å²) in [5.74, 6) is -0.105. The minimum absolute atomic E-state index is 0.00366. The van der Waals surface area contributed by atoms with Crippen LogP contribution in [0.2, 0.25) is 0 Å². The van der Waals surface area contributed by atoms with Crippen molar-refractivity contribution in [3.8, 4) is 0 Å². The van der Waals surface area contributed by atoms with E-state index in [1.807, 2.05) is 6.07 Å². The lowest BCUT2D eigenvalue weighted by Gasteiger charge is -2.33. The fourth-order valence-electron chi connectivity index (χ4n) is 3.49. The molecule has 1 fully saturated rings. The minimum atomic E-state index is -0.298. The average molecular weight is 375 g/mol. The lowest BCUT2D eigenvalue weighted by Crippen LogP contribution is -2.53. The molecule has 7 nitrogen and oxygen atoms in total. The van der Waals surface area contributed by atoms with Crippen molar-refractivity contribution in [3.63, 3.8) is 0 Å². The van der Waals surface area contributed by atoms with Crippen molar-refractivity contribution in [1.82, 2.24) is 15.1 Å². The molecule has 2 aliphatic heterocycles. The van der Waals surface area contributed by atoms with E-state index < -0.39 is 0 Å². The third-order valence-electron chi connectivity index (χ3n) is 5.15. The number of nitrogens with zero attached hydrogens (tertiary/aromatic N) is 2. The second-order valence-corrected chi connectivity index (χ2v) is 7.40. The molecule has 0 radical (unpaired) electrons. The Kier molecular flexibility index (Phi) is 6.82. The number of hydrogen-bond acceptors (Lipinski definition) is 5. The highest BCUT2D eigenvalue weighted by molar-refractivity contribution is 5.78. The summed E-state index contributed by atoms with van der Waals surface area (Å²) in [5.41, 5.74) is 2.67. The lowest BCUT2D eigenvalue weighted by atomic mass is 10.00. The number of fused-ring (bicyclic) bond motifs is 1. The van der Waals surface area contributed by atoms with Gasteiger partial charge in [0.05, 0.1) is 19.2 Å². The van der Waals surface area contributed by atoms with E-state index in [0.29, 0.717) is 26.2 Å². The van der Waals surface area contributed by atoms with E-state index in [9.17, 15) is 9.59 Å². The number of likely N-dealkylation sites (N-methyl/N-ethyl adjacent to an activating group) is 1. The molecule has 148 valence electrons. The van der Waals surface area contributed by atoms with Crippen LogP contribution in [-0.4, -0.2) is 80.8 Å². The first kappa shape index (κ1) is 19.8. The van der Waals surface area contributed by atoms with Gasteiger partial charge in [0.2, 0.25) is 11.8 Å². The van der Waals surface area contributed by atoms with Crippen LogP contribution < -0.4 is 5.32 Å². The molecule has 0 spiro atoms. The summed E-state index contributed by atoms with van der Waals surface area (Å²) in [6, 6.07) is 8.27. The molecule has 1 saturated heterocycles. The van der Waals surface area contributed by atoms with Gasteiger partial charge in [0.15, 0.2) is 0 Å². The van der Waals surface area contributed by atoms with Crippen LogP contribution in [0.3, 0.4) is 0 Å². The van der Waals surface area contributed by atoms with Gasteiger partial charge in [-0.05, 0) is 24.0 Å². The number of rotatable bonds is 6. The number of carbonyl (C=O) groups is 2. The summed E-state index contributed by atoms with van der Waals surface area (Å²) < 4.78 is 11.2. The number of carbonyl (C=O) groups excluding carboxylic acids is 2. The quantitative estimate of drug-likeness (QED) is 0.781. The number of amides is 2. The van der Waals surface area contributed by atoms with Crippen LogP contribution in [0.15, 0.2) is 24.3 Å². The van der Waals surface area contributed by atoms with Gasteiger partial charge in [-0.25, -0.2) is 0 Å². The van der Waals surface area contributed by atoms with Crippen molar-refractivity contribution in [1.29, 1.82) is 0 Å². The minimum Gasteiger partial charge on any atom is -0.379 e. The second kappa shape index (κ2) is 9.30. The highest BCUT2D eigenvalue weighted by atomic mass is 16.5. The van der Waals surface area contributed by atoms with Crippen LogP contribution in [0.1, 0.15) is 17.5 Å². The topological polar surface area (TPSA) is 71.1 Å². The fraction of sp³-hybridized carbons (Fsp3) is 0.600. The van der Waals surface area contributed by atoms with Gasteiger partial charge in [-0.15, -0.1) is 0 Å². The summed E-state index contributed by atoms with van der Waals surface area (Å²) in [6.07, 6.45) is 1.36. The standard InChI is InChI=1S/C20H29N3O4/c1-22(2)20(25)14-27-18-13-26-10-8-17(18)21-19(24)12-23-9-7-15-5-3-4-6-16(15)11-23/h3-6,17-18H,7-14H2,1-2H3,(H,21,24)/t17-,18-/m1/s1. The van der Waals surface area contributed by atoms with Crippen LogP contribution in [0.25, 0.3) is 0 Å². The van der Waals surface area contributed by atoms with Crippen molar-refractivity contribution in [2.45, 2.75) is 31.5 Å². The Balaban J connectivity index is 1.49. The number of benzene rings is 1. The molecule has 27 heavy (non-hydrogen) atoms. The SMILES string of the molecule is CN(C)C(=O)CO[C@@H]1COCC[C@H]1NC(=O)CN1CCc2ccccc2C1. The number of nitrogens with one attached hydrogen (secondary N) is 1. The molecule has 2 heterocycles. The summed E-state index contributed by atoms with van der Waals surface area (Å²) in [6.45, 7) is 3.03. The monoisotopic (exact) mass is 375 g/mol. The fourth-order valence-corrected chi connectivity index (χ4v) is 3.49. The molecule has 0 bridgehead atoms. The van der Waals surface area contributed by atoms with Crippen molar-refractivity contribution < 1.29 is 19.1 Å². The van der Waals surface area contributed by atoms with Gasteiger partial charge in [0.1, 0.15) is 12.7 Å². The molecular formula is C20H29N3O4. The normalized spacial score (nSPS) is 22.7. The summed E-state index contributed by atoms with van der Waals surface area (Å²) >= 11 is 0. The Morgan fingerprint density at radius 3 is 2.85 bits per heavy atom. The first-order valence-electron chi connectivity index (χ1n) is 9.51. The summed E-state index contributed by atoms with van der Waals surface area (Å²) in [5, 5.41) is 3.08. The van der Waals surface area contributed by atoms with E-state index in [0.717, 1.165) is 19.5 Å². The Labute approximate surface area is 160 Å². The van der Waals surface area contributed by atoms with E-state index in [1.165, 1.54) is 16.0 Å². The van der Waals surface area contributed by atoms with Gasteiger partial charge in [-0.2, -0.15) is 0 Å². The van der Waals surface area contributed by atoms with Gasteiger partial charge in [0, 0.05) is 33.8 Å². The molecule has 1 N–H and O–H groups in total. The Morgan fingerprint density at radius 2 is 2.07 bits per heavy atom. The third-order valence-corrected chi connectivity index (χ3v) is 5.15. The second-order valence-electron chi connectivity index (χ2n) is 7.40. The van der Waals surface area contributed by atoms with Gasteiger partial charge in [-0.3, -0.25) is 14.5 Å². The van der Waals surface area contributed by atoms with Crippen LogP contribution >= 0.6 is 0 Å². The number of hydrogen-bond donors (Lipinski definition) is 1. The molecule has 3 rings (SSSR count). The van der Waals surface area contributed by atoms with Crippen molar-refractivity contribution >= 4 is 11.8 Å². The van der Waals surface area contributed by atoms with E-state index >= 15 is 0 Å². The molecule has 2 aliphatic rings. The zero-order valence-corrected chi connectivity index (χ0v) is 16.1. The Morgan fingerprint density at radius 1 is 1.30 bits per heavy atom. The largest absolute Gasteiger partial charge is 0.379 e. The maximum absolute atomic E-state index is 12.6. The zero-order valence-electron chi connectivity index (χ0n) is 16.1. The Hall–Kier alpha value is -1.96. The molecule has 2 amide bonds. The third kappa shape index (κ3) is 5.51. The van der Waals surface area contributed by atoms with Crippen LogP contribution in [-0.2, 0) is 32.0 Å². The molecule has 0 unspecified atom stereocenters. The maximum atomic E-state index is 12.6. The molecule has 0 saturated carbocycles. The average Bonchev–Trinajstić information content (AvgIpc) is 2.66. The van der Waals surface area contributed by atoms with Gasteiger partial charge in [-0.1, -0.05) is 24.3 Å². The van der Waals surface area contributed by atoms with Crippen molar-refractivity contribution in [2.24, 2.45) is 0 Å². The van der Waals surface area contributed by atoms with Gasteiger partial charge in [0.25, 0.3) is 0 Å². The van der Waals surface area contributed by atoms with E-state index in [-0.39, 0.29) is 30.6 Å². The molecule has 7 heteroatoms. The molecule has 1 aromatic rings. The molecule has 2 atom stereocenters. The van der Waals surface area contributed by atoms with Crippen LogP contribution in [0.5, 0.6) is 0 Å². The smallest absolute Gasteiger partial charge is 0.248 e. The molecular weight excluding hydrogens is 346 g/mol. The molecule has 0 aromatic heterocycles. The summed E-state index contributed by atoms with van der Waals surface area (Å²) in [7, 11) is 3.39. The summed E-state index contributed by atoms with van der Waals surface area (Å²) in [4.78, 5) is 28.0.